The predicted molar refractivity (Wildman–Crippen MR) is 81.8 cm³/mol. The highest BCUT2D eigenvalue weighted by molar-refractivity contribution is 6.42. The zero-order chi connectivity index (χ0) is 15.4. The van der Waals surface area contributed by atoms with Gasteiger partial charge < -0.3 is 9.73 Å². The van der Waals surface area contributed by atoms with Gasteiger partial charge in [0.25, 0.3) is 5.91 Å². The predicted octanol–water partition coefficient (Wildman–Crippen LogP) is 3.91. The van der Waals surface area contributed by atoms with Gasteiger partial charge in [0, 0.05) is 18.7 Å². The Hall–Kier alpha value is -2.22. The van der Waals surface area contributed by atoms with E-state index in [9.17, 15) is 4.79 Å². The number of benzene rings is 1. The summed E-state index contributed by atoms with van der Waals surface area (Å²) >= 11 is 11.8. The molecule has 0 atom stereocenters. The lowest BCUT2D eigenvalue weighted by atomic mass is 10.2. The largest absolute Gasteiger partial charge is 0.457 e. The van der Waals surface area contributed by atoms with Crippen molar-refractivity contribution in [1.29, 1.82) is 5.26 Å². The molecule has 0 unspecified atom stereocenters. The molecule has 21 heavy (non-hydrogen) atoms. The molecule has 0 spiro atoms. The standard InChI is InChI=1S/C15H10Cl2N2O2/c1-19-15(20)10(8-18)6-11-3-5-14(21-11)9-2-4-12(16)13(17)7-9/h2-7H,1H3,(H,19,20)/b10-6+. The molecule has 0 saturated carbocycles. The van der Waals surface area contributed by atoms with Gasteiger partial charge in [0.15, 0.2) is 0 Å². The van der Waals surface area contributed by atoms with Crippen LogP contribution in [-0.4, -0.2) is 13.0 Å². The van der Waals surface area contributed by atoms with Crippen molar-refractivity contribution >= 4 is 35.2 Å². The van der Waals surface area contributed by atoms with E-state index in [1.807, 2.05) is 6.07 Å². The van der Waals surface area contributed by atoms with Crippen LogP contribution in [-0.2, 0) is 4.79 Å². The first kappa shape index (κ1) is 15.2. The summed E-state index contributed by atoms with van der Waals surface area (Å²) in [4.78, 5) is 11.4. The Morgan fingerprint density at radius 1 is 1.29 bits per heavy atom. The number of rotatable bonds is 3. The van der Waals surface area contributed by atoms with Gasteiger partial charge in [-0.05, 0) is 30.3 Å². The van der Waals surface area contributed by atoms with Crippen LogP contribution in [0.25, 0.3) is 17.4 Å². The van der Waals surface area contributed by atoms with E-state index in [-0.39, 0.29) is 5.57 Å². The average molecular weight is 321 g/mol. The first-order valence-corrected chi connectivity index (χ1v) is 6.70. The smallest absolute Gasteiger partial charge is 0.261 e. The molecule has 1 heterocycles. The van der Waals surface area contributed by atoms with Crippen molar-refractivity contribution in [3.63, 3.8) is 0 Å². The van der Waals surface area contributed by atoms with E-state index >= 15 is 0 Å². The molecule has 4 nitrogen and oxygen atoms in total. The van der Waals surface area contributed by atoms with Gasteiger partial charge in [-0.25, -0.2) is 0 Å². The van der Waals surface area contributed by atoms with Gasteiger partial charge in [-0.2, -0.15) is 5.26 Å². The number of nitrogens with one attached hydrogen (secondary N) is 1. The molecule has 0 aliphatic carbocycles. The first-order valence-electron chi connectivity index (χ1n) is 5.94. The molecule has 106 valence electrons. The molecule has 1 aromatic carbocycles. The molecule has 0 bridgehead atoms. The van der Waals surface area contributed by atoms with Crippen LogP contribution in [0.3, 0.4) is 0 Å². The maximum absolute atomic E-state index is 11.4. The van der Waals surface area contributed by atoms with E-state index in [1.54, 1.807) is 30.3 Å². The molecule has 1 aromatic heterocycles. The second-order valence-corrected chi connectivity index (χ2v) is 4.89. The average Bonchev–Trinajstić information content (AvgIpc) is 2.95. The Balaban J connectivity index is 2.34. The zero-order valence-electron chi connectivity index (χ0n) is 11.0. The van der Waals surface area contributed by atoms with Crippen molar-refractivity contribution in [3.05, 3.63) is 51.7 Å². The Labute approximate surface area is 131 Å². The summed E-state index contributed by atoms with van der Waals surface area (Å²) in [5.41, 5.74) is 0.718. The van der Waals surface area contributed by atoms with Crippen LogP contribution >= 0.6 is 23.2 Å². The minimum atomic E-state index is -0.468. The summed E-state index contributed by atoms with van der Waals surface area (Å²) in [7, 11) is 1.46. The number of hydrogen-bond donors (Lipinski definition) is 1. The Kier molecular flexibility index (Phi) is 4.69. The van der Waals surface area contributed by atoms with E-state index in [2.05, 4.69) is 5.32 Å². The minimum Gasteiger partial charge on any atom is -0.457 e. The summed E-state index contributed by atoms with van der Waals surface area (Å²) in [6.45, 7) is 0. The van der Waals surface area contributed by atoms with Crippen LogP contribution in [0.15, 0.2) is 40.3 Å². The molecule has 0 saturated heterocycles. The van der Waals surface area contributed by atoms with Crippen molar-refractivity contribution in [2.45, 2.75) is 0 Å². The fourth-order valence-corrected chi connectivity index (χ4v) is 1.96. The molecule has 0 radical (unpaired) electrons. The summed E-state index contributed by atoms with van der Waals surface area (Å²) in [6.07, 6.45) is 1.37. The summed E-state index contributed by atoms with van der Waals surface area (Å²) in [5, 5.41) is 12.2. The molecule has 0 aliphatic heterocycles. The maximum Gasteiger partial charge on any atom is 0.261 e. The quantitative estimate of drug-likeness (QED) is 0.688. The van der Waals surface area contributed by atoms with Gasteiger partial charge in [0.2, 0.25) is 0 Å². The lowest BCUT2D eigenvalue weighted by molar-refractivity contribution is -0.116. The van der Waals surface area contributed by atoms with Crippen LogP contribution in [0.2, 0.25) is 10.0 Å². The SMILES string of the molecule is CNC(=O)/C(C#N)=C/c1ccc(-c2ccc(Cl)c(Cl)c2)o1. The summed E-state index contributed by atoms with van der Waals surface area (Å²) in [6, 6.07) is 10.3. The Morgan fingerprint density at radius 3 is 2.67 bits per heavy atom. The van der Waals surface area contributed by atoms with E-state index in [0.717, 1.165) is 5.56 Å². The number of amides is 1. The van der Waals surface area contributed by atoms with E-state index in [1.165, 1.54) is 13.1 Å². The van der Waals surface area contributed by atoms with Gasteiger partial charge in [-0.1, -0.05) is 23.2 Å². The lowest BCUT2D eigenvalue weighted by Gasteiger charge is -1.99. The number of nitrogens with zero attached hydrogens (tertiary/aromatic N) is 1. The number of carbonyl (C=O) groups is 1. The third-order valence-corrected chi connectivity index (χ3v) is 3.45. The summed E-state index contributed by atoms with van der Waals surface area (Å²) in [5.74, 6) is 0.496. The van der Waals surface area contributed by atoms with Crippen LogP contribution in [0.1, 0.15) is 5.76 Å². The molecule has 2 aromatic rings. The van der Waals surface area contributed by atoms with Gasteiger partial charge in [0.05, 0.1) is 10.0 Å². The van der Waals surface area contributed by atoms with Gasteiger partial charge in [-0.15, -0.1) is 0 Å². The van der Waals surface area contributed by atoms with E-state index < -0.39 is 5.91 Å². The van der Waals surface area contributed by atoms with Crippen molar-refractivity contribution in [3.8, 4) is 17.4 Å². The molecular weight excluding hydrogens is 311 g/mol. The van der Waals surface area contributed by atoms with Crippen LogP contribution in [0.4, 0.5) is 0 Å². The second kappa shape index (κ2) is 6.49. The molecule has 6 heteroatoms. The monoisotopic (exact) mass is 320 g/mol. The van der Waals surface area contributed by atoms with Crippen LogP contribution in [0.5, 0.6) is 0 Å². The molecular formula is C15H10Cl2N2O2. The van der Waals surface area contributed by atoms with Crippen molar-refractivity contribution in [1.82, 2.24) is 5.32 Å². The third-order valence-electron chi connectivity index (χ3n) is 2.71. The molecule has 1 amide bonds. The fraction of sp³-hybridized carbons (Fsp3) is 0.0667. The van der Waals surface area contributed by atoms with E-state index in [0.29, 0.717) is 21.6 Å². The molecule has 0 fully saturated rings. The molecule has 2 rings (SSSR count). The highest BCUT2D eigenvalue weighted by atomic mass is 35.5. The summed E-state index contributed by atoms with van der Waals surface area (Å²) < 4.78 is 5.58. The topological polar surface area (TPSA) is 66.0 Å². The number of carbonyl (C=O) groups excluding carboxylic acids is 1. The maximum atomic E-state index is 11.4. The third kappa shape index (κ3) is 3.46. The molecule has 1 N–H and O–H groups in total. The first-order chi connectivity index (χ1) is 10.0. The van der Waals surface area contributed by atoms with E-state index in [4.69, 9.17) is 32.9 Å². The molecule has 0 aliphatic rings. The zero-order valence-corrected chi connectivity index (χ0v) is 12.5. The number of nitriles is 1. The number of hydrogen-bond acceptors (Lipinski definition) is 3. The van der Waals surface area contributed by atoms with Crippen molar-refractivity contribution < 1.29 is 9.21 Å². The van der Waals surface area contributed by atoms with Crippen LogP contribution < -0.4 is 5.32 Å². The highest BCUT2D eigenvalue weighted by Crippen LogP contribution is 2.29. The van der Waals surface area contributed by atoms with Crippen molar-refractivity contribution in [2.75, 3.05) is 7.05 Å². The Bertz CT molecular complexity index is 757. The Morgan fingerprint density at radius 2 is 2.05 bits per heavy atom. The lowest BCUT2D eigenvalue weighted by Crippen LogP contribution is -2.18. The fourth-order valence-electron chi connectivity index (χ4n) is 1.66. The van der Waals surface area contributed by atoms with Crippen LogP contribution in [0, 0.1) is 11.3 Å². The van der Waals surface area contributed by atoms with Crippen molar-refractivity contribution in [2.24, 2.45) is 0 Å². The number of furan rings is 1. The second-order valence-electron chi connectivity index (χ2n) is 4.08. The van der Waals surface area contributed by atoms with Gasteiger partial charge in [0.1, 0.15) is 23.2 Å². The number of likely N-dealkylation sites (N-methyl/N-ethyl adjacent to an activating group) is 1. The normalized spacial score (nSPS) is 11.0. The van der Waals surface area contributed by atoms with Gasteiger partial charge >= 0.3 is 0 Å². The van der Waals surface area contributed by atoms with Gasteiger partial charge in [-0.3, -0.25) is 4.79 Å². The minimum absolute atomic E-state index is 0.0347. The highest BCUT2D eigenvalue weighted by Gasteiger charge is 2.10. The number of halogens is 2.